The minimum Gasteiger partial charge on any atom is -0.345 e. The number of anilines is 1. The summed E-state index contributed by atoms with van der Waals surface area (Å²) in [6.07, 6.45) is 2.60. The van der Waals surface area contributed by atoms with E-state index in [0.717, 1.165) is 6.54 Å². The molecule has 1 fully saturated rings. The molecule has 0 aliphatic carbocycles. The van der Waals surface area contributed by atoms with Crippen molar-refractivity contribution in [3.8, 4) is 0 Å². The van der Waals surface area contributed by atoms with E-state index in [0.29, 0.717) is 6.04 Å². The number of nitrogens with zero attached hydrogens (tertiary/aromatic N) is 2. The average Bonchev–Trinajstić information content (AvgIpc) is 2.81. The largest absolute Gasteiger partial charge is 0.345 e. The molecule has 0 aromatic carbocycles. The third kappa shape index (κ3) is 3.42. The van der Waals surface area contributed by atoms with E-state index in [9.17, 15) is 0 Å². The van der Waals surface area contributed by atoms with E-state index in [1.54, 1.807) is 11.3 Å². The molecule has 0 saturated carbocycles. The molecule has 1 N–H and O–H groups in total. The lowest BCUT2D eigenvalue weighted by Crippen LogP contribution is -2.35. The number of hydrogen-bond donors (Lipinski definition) is 1. The molecule has 3 nitrogen and oxygen atoms in total. The fourth-order valence-corrected chi connectivity index (χ4v) is 3.04. The number of nitrogens with one attached hydrogen (secondary N) is 1. The van der Waals surface area contributed by atoms with Crippen molar-refractivity contribution in [1.82, 2.24) is 10.3 Å². The van der Waals surface area contributed by atoms with Crippen molar-refractivity contribution >= 4 is 16.5 Å². The van der Waals surface area contributed by atoms with E-state index in [4.69, 9.17) is 4.98 Å². The Balaban J connectivity index is 1.96. The Morgan fingerprint density at radius 2 is 2.29 bits per heavy atom. The second-order valence-electron chi connectivity index (χ2n) is 5.91. The molecule has 1 aliphatic heterocycles. The molecule has 1 atom stereocenters. The lowest BCUT2D eigenvalue weighted by Gasteiger charge is -2.20. The fraction of sp³-hybridized carbons (Fsp3) is 0.769. The molecule has 0 amide bonds. The molecule has 4 heteroatoms. The zero-order chi connectivity index (χ0) is 12.5. The van der Waals surface area contributed by atoms with Crippen LogP contribution >= 0.6 is 11.3 Å². The van der Waals surface area contributed by atoms with Crippen molar-refractivity contribution in [2.45, 2.75) is 58.7 Å². The van der Waals surface area contributed by atoms with Crippen molar-refractivity contribution in [3.05, 3.63) is 11.1 Å². The summed E-state index contributed by atoms with van der Waals surface area (Å²) >= 11 is 1.78. The molecule has 0 bridgehead atoms. The van der Waals surface area contributed by atoms with Crippen molar-refractivity contribution in [2.75, 3.05) is 11.4 Å². The maximum Gasteiger partial charge on any atom is 0.185 e. The topological polar surface area (TPSA) is 28.2 Å². The molecule has 2 rings (SSSR count). The van der Waals surface area contributed by atoms with Gasteiger partial charge < -0.3 is 10.2 Å². The van der Waals surface area contributed by atoms with Gasteiger partial charge >= 0.3 is 0 Å². The normalized spacial score (nSPS) is 21.2. The highest BCUT2D eigenvalue weighted by Gasteiger charge is 2.23. The SMILES string of the molecule is CC1CCCN1c1nc(CNC(C)(C)C)cs1. The molecular weight excluding hydrogens is 230 g/mol. The number of thiazole rings is 1. The van der Waals surface area contributed by atoms with Gasteiger partial charge in [-0.05, 0) is 40.5 Å². The van der Waals surface area contributed by atoms with Gasteiger partial charge in [-0.2, -0.15) is 0 Å². The molecule has 2 heterocycles. The van der Waals surface area contributed by atoms with Crippen LogP contribution in [-0.4, -0.2) is 23.1 Å². The number of aromatic nitrogens is 1. The highest BCUT2D eigenvalue weighted by atomic mass is 32.1. The van der Waals surface area contributed by atoms with Gasteiger partial charge in [0.2, 0.25) is 0 Å². The molecule has 0 spiro atoms. The smallest absolute Gasteiger partial charge is 0.185 e. The Morgan fingerprint density at radius 3 is 2.88 bits per heavy atom. The van der Waals surface area contributed by atoms with Gasteiger partial charge in [-0.1, -0.05) is 0 Å². The Kier molecular flexibility index (Phi) is 3.73. The Bertz CT molecular complexity index is 367. The van der Waals surface area contributed by atoms with E-state index in [1.807, 2.05) is 0 Å². The first kappa shape index (κ1) is 12.8. The predicted octanol–water partition coefficient (Wildman–Crippen LogP) is 3.02. The van der Waals surface area contributed by atoms with Crippen LogP contribution < -0.4 is 10.2 Å². The Morgan fingerprint density at radius 1 is 1.53 bits per heavy atom. The van der Waals surface area contributed by atoms with Gasteiger partial charge in [0, 0.05) is 30.1 Å². The molecule has 1 aromatic rings. The van der Waals surface area contributed by atoms with Crippen molar-refractivity contribution in [3.63, 3.8) is 0 Å². The van der Waals surface area contributed by atoms with Gasteiger partial charge in [-0.15, -0.1) is 11.3 Å². The van der Waals surface area contributed by atoms with Crippen LogP contribution in [0.25, 0.3) is 0 Å². The summed E-state index contributed by atoms with van der Waals surface area (Å²) in [5.74, 6) is 0. The van der Waals surface area contributed by atoms with Crippen LogP contribution in [0.5, 0.6) is 0 Å². The van der Waals surface area contributed by atoms with E-state index in [2.05, 4.69) is 43.3 Å². The summed E-state index contributed by atoms with van der Waals surface area (Å²) in [7, 11) is 0. The zero-order valence-electron chi connectivity index (χ0n) is 11.3. The molecule has 1 aliphatic rings. The zero-order valence-corrected chi connectivity index (χ0v) is 12.1. The van der Waals surface area contributed by atoms with Gasteiger partial charge in [0.1, 0.15) is 0 Å². The van der Waals surface area contributed by atoms with Gasteiger partial charge in [-0.25, -0.2) is 4.98 Å². The van der Waals surface area contributed by atoms with Crippen LogP contribution in [0.4, 0.5) is 5.13 Å². The molecule has 17 heavy (non-hydrogen) atoms. The van der Waals surface area contributed by atoms with E-state index in [-0.39, 0.29) is 5.54 Å². The summed E-state index contributed by atoms with van der Waals surface area (Å²) < 4.78 is 0. The molecule has 1 aromatic heterocycles. The van der Waals surface area contributed by atoms with Gasteiger partial charge in [0.25, 0.3) is 0 Å². The summed E-state index contributed by atoms with van der Waals surface area (Å²) in [5, 5.41) is 6.85. The summed E-state index contributed by atoms with van der Waals surface area (Å²) in [4.78, 5) is 7.16. The third-order valence-corrected chi connectivity index (χ3v) is 4.06. The fourth-order valence-electron chi connectivity index (χ4n) is 2.08. The minimum atomic E-state index is 0.157. The van der Waals surface area contributed by atoms with E-state index >= 15 is 0 Å². The monoisotopic (exact) mass is 253 g/mol. The molecule has 1 unspecified atom stereocenters. The van der Waals surface area contributed by atoms with Gasteiger partial charge in [0.05, 0.1) is 5.69 Å². The first-order chi connectivity index (χ1) is 7.96. The first-order valence-electron chi connectivity index (χ1n) is 6.42. The maximum absolute atomic E-state index is 4.73. The van der Waals surface area contributed by atoms with Crippen molar-refractivity contribution in [1.29, 1.82) is 0 Å². The number of rotatable bonds is 3. The lowest BCUT2D eigenvalue weighted by atomic mass is 10.1. The van der Waals surface area contributed by atoms with Crippen molar-refractivity contribution in [2.24, 2.45) is 0 Å². The lowest BCUT2D eigenvalue weighted by molar-refractivity contribution is 0.422. The van der Waals surface area contributed by atoms with Crippen LogP contribution in [-0.2, 0) is 6.54 Å². The highest BCUT2D eigenvalue weighted by Crippen LogP contribution is 2.28. The molecule has 0 radical (unpaired) electrons. The maximum atomic E-state index is 4.73. The second-order valence-corrected chi connectivity index (χ2v) is 6.75. The Hall–Kier alpha value is -0.610. The van der Waals surface area contributed by atoms with Crippen molar-refractivity contribution < 1.29 is 0 Å². The van der Waals surface area contributed by atoms with Crippen LogP contribution in [0.15, 0.2) is 5.38 Å². The summed E-state index contributed by atoms with van der Waals surface area (Å²) in [5.41, 5.74) is 1.32. The van der Waals surface area contributed by atoms with Crippen LogP contribution in [0.3, 0.4) is 0 Å². The van der Waals surface area contributed by atoms with E-state index < -0.39 is 0 Å². The van der Waals surface area contributed by atoms with Crippen LogP contribution in [0, 0.1) is 0 Å². The minimum absolute atomic E-state index is 0.157. The van der Waals surface area contributed by atoms with E-state index in [1.165, 1.54) is 30.2 Å². The van der Waals surface area contributed by atoms with Crippen LogP contribution in [0.2, 0.25) is 0 Å². The summed E-state index contributed by atoms with van der Waals surface area (Å²) in [6.45, 7) is 10.9. The first-order valence-corrected chi connectivity index (χ1v) is 7.30. The average molecular weight is 253 g/mol. The summed E-state index contributed by atoms with van der Waals surface area (Å²) in [6, 6.07) is 0.657. The standard InChI is InChI=1S/C13H23N3S/c1-10-6-5-7-16(10)12-15-11(9-17-12)8-14-13(2,3)4/h9-10,14H,5-8H2,1-4H3. The quantitative estimate of drug-likeness (QED) is 0.897. The van der Waals surface area contributed by atoms with Gasteiger partial charge in [-0.3, -0.25) is 0 Å². The highest BCUT2D eigenvalue weighted by molar-refractivity contribution is 7.13. The number of hydrogen-bond acceptors (Lipinski definition) is 4. The Labute approximate surface area is 108 Å². The predicted molar refractivity (Wildman–Crippen MR) is 74.7 cm³/mol. The third-order valence-electron chi connectivity index (χ3n) is 3.14. The second kappa shape index (κ2) is 4.94. The van der Waals surface area contributed by atoms with Gasteiger partial charge in [0.15, 0.2) is 5.13 Å². The van der Waals surface area contributed by atoms with Crippen LogP contribution in [0.1, 0.15) is 46.2 Å². The molecule has 1 saturated heterocycles. The molecular formula is C13H23N3S. The molecule has 96 valence electrons.